The van der Waals surface area contributed by atoms with Crippen LogP contribution in [0.15, 0.2) is 0 Å². The van der Waals surface area contributed by atoms with Crippen molar-refractivity contribution in [1.82, 2.24) is 5.32 Å². The molecule has 2 aliphatic heterocycles. The van der Waals surface area contributed by atoms with E-state index in [1.165, 1.54) is 12.8 Å². The first-order chi connectivity index (χ1) is 5.16. The molecular formula is C9H18ClNO. The Morgan fingerprint density at radius 2 is 1.75 bits per heavy atom. The van der Waals surface area contributed by atoms with Gasteiger partial charge in [0, 0.05) is 5.41 Å². The van der Waals surface area contributed by atoms with E-state index in [0.29, 0.717) is 5.41 Å². The second-order valence-electron chi connectivity index (χ2n) is 4.42. The van der Waals surface area contributed by atoms with Crippen molar-refractivity contribution < 1.29 is 4.74 Å². The van der Waals surface area contributed by atoms with Gasteiger partial charge in [-0.25, -0.2) is 0 Å². The molecule has 0 aromatic carbocycles. The number of rotatable bonds is 0. The molecule has 2 rings (SSSR count). The second-order valence-corrected chi connectivity index (χ2v) is 4.42. The molecule has 0 bridgehead atoms. The highest BCUT2D eigenvalue weighted by Gasteiger charge is 2.54. The van der Waals surface area contributed by atoms with Crippen LogP contribution in [-0.2, 0) is 4.74 Å². The summed E-state index contributed by atoms with van der Waals surface area (Å²) in [6.45, 7) is 7.85. The van der Waals surface area contributed by atoms with E-state index in [9.17, 15) is 0 Å². The molecule has 2 fully saturated rings. The van der Waals surface area contributed by atoms with E-state index >= 15 is 0 Å². The fraction of sp³-hybridized carbons (Fsp3) is 1.00. The highest BCUT2D eigenvalue weighted by molar-refractivity contribution is 5.85. The zero-order valence-electron chi connectivity index (χ0n) is 7.85. The maximum atomic E-state index is 5.73. The SMILES string of the molecule is CC1(C)COC12CCNCC2.Cl. The van der Waals surface area contributed by atoms with E-state index in [1.807, 2.05) is 0 Å². The molecule has 1 N–H and O–H groups in total. The van der Waals surface area contributed by atoms with Gasteiger partial charge in [-0.1, -0.05) is 13.8 Å². The second kappa shape index (κ2) is 3.17. The van der Waals surface area contributed by atoms with E-state index in [2.05, 4.69) is 19.2 Å². The Morgan fingerprint density at radius 1 is 1.17 bits per heavy atom. The quantitative estimate of drug-likeness (QED) is 0.628. The first-order valence-electron chi connectivity index (χ1n) is 4.51. The molecule has 72 valence electrons. The third-order valence-corrected chi connectivity index (χ3v) is 3.35. The molecule has 1 spiro atoms. The lowest BCUT2D eigenvalue weighted by Crippen LogP contribution is -2.63. The molecule has 2 saturated heterocycles. The van der Waals surface area contributed by atoms with Crippen LogP contribution in [-0.4, -0.2) is 25.3 Å². The van der Waals surface area contributed by atoms with Crippen molar-refractivity contribution in [1.29, 1.82) is 0 Å². The topological polar surface area (TPSA) is 21.3 Å². The molecular weight excluding hydrogens is 174 g/mol. The summed E-state index contributed by atoms with van der Waals surface area (Å²) in [7, 11) is 0. The van der Waals surface area contributed by atoms with Crippen LogP contribution in [0.4, 0.5) is 0 Å². The maximum absolute atomic E-state index is 5.73. The zero-order chi connectivity index (χ0) is 7.95. The van der Waals surface area contributed by atoms with Gasteiger partial charge in [0.05, 0.1) is 12.2 Å². The average Bonchev–Trinajstić information content (AvgIpc) is 2.04. The van der Waals surface area contributed by atoms with Gasteiger partial charge < -0.3 is 10.1 Å². The minimum absolute atomic E-state index is 0. The van der Waals surface area contributed by atoms with E-state index in [0.717, 1.165) is 19.7 Å². The summed E-state index contributed by atoms with van der Waals surface area (Å²) in [6.07, 6.45) is 2.39. The molecule has 0 amide bonds. The zero-order valence-corrected chi connectivity index (χ0v) is 8.67. The Balaban J connectivity index is 0.000000720. The third kappa shape index (κ3) is 1.26. The molecule has 0 radical (unpaired) electrons. The molecule has 0 saturated carbocycles. The van der Waals surface area contributed by atoms with Gasteiger partial charge in [-0.3, -0.25) is 0 Å². The Kier molecular flexibility index (Phi) is 2.72. The van der Waals surface area contributed by atoms with Crippen LogP contribution < -0.4 is 5.32 Å². The van der Waals surface area contributed by atoms with Crippen molar-refractivity contribution in [3.8, 4) is 0 Å². The van der Waals surface area contributed by atoms with Crippen molar-refractivity contribution in [2.24, 2.45) is 5.41 Å². The Morgan fingerprint density at radius 3 is 2.00 bits per heavy atom. The Labute approximate surface area is 80.5 Å². The lowest BCUT2D eigenvalue weighted by Gasteiger charge is -2.57. The van der Waals surface area contributed by atoms with Gasteiger partial charge in [-0.15, -0.1) is 12.4 Å². The van der Waals surface area contributed by atoms with Crippen LogP contribution in [0.5, 0.6) is 0 Å². The molecule has 0 aliphatic carbocycles. The van der Waals surface area contributed by atoms with E-state index in [1.54, 1.807) is 0 Å². The van der Waals surface area contributed by atoms with Crippen molar-refractivity contribution >= 4 is 12.4 Å². The van der Waals surface area contributed by atoms with Gasteiger partial charge in [0.25, 0.3) is 0 Å². The van der Waals surface area contributed by atoms with Crippen molar-refractivity contribution in [3.05, 3.63) is 0 Å². The average molecular weight is 192 g/mol. The molecule has 0 aromatic rings. The molecule has 2 nitrogen and oxygen atoms in total. The lowest BCUT2D eigenvalue weighted by molar-refractivity contribution is -0.262. The normalized spacial score (nSPS) is 30.5. The van der Waals surface area contributed by atoms with Crippen LogP contribution in [0.1, 0.15) is 26.7 Å². The fourth-order valence-corrected chi connectivity index (χ4v) is 2.22. The standard InChI is InChI=1S/C9H17NO.ClH/c1-8(2)7-11-9(8)3-5-10-6-4-9;/h10H,3-7H2,1-2H3;1H. The fourth-order valence-electron chi connectivity index (χ4n) is 2.22. The molecule has 0 atom stereocenters. The Bertz CT molecular complexity index is 164. The van der Waals surface area contributed by atoms with Gasteiger partial charge in [0.15, 0.2) is 0 Å². The summed E-state index contributed by atoms with van der Waals surface area (Å²) in [5.41, 5.74) is 0.660. The smallest absolute Gasteiger partial charge is 0.0779 e. The van der Waals surface area contributed by atoms with Crippen molar-refractivity contribution in [3.63, 3.8) is 0 Å². The highest BCUT2D eigenvalue weighted by Crippen LogP contribution is 2.49. The van der Waals surface area contributed by atoms with Crippen LogP contribution in [0.2, 0.25) is 0 Å². The van der Waals surface area contributed by atoms with Gasteiger partial charge in [-0.05, 0) is 25.9 Å². The first kappa shape index (κ1) is 10.3. The monoisotopic (exact) mass is 191 g/mol. The molecule has 3 heteroatoms. The third-order valence-electron chi connectivity index (χ3n) is 3.35. The predicted octanol–water partition coefficient (Wildman–Crippen LogP) is 1.59. The summed E-state index contributed by atoms with van der Waals surface area (Å²) in [5, 5.41) is 3.37. The van der Waals surface area contributed by atoms with Crippen LogP contribution in [0.25, 0.3) is 0 Å². The van der Waals surface area contributed by atoms with Gasteiger partial charge in [0.1, 0.15) is 0 Å². The van der Waals surface area contributed by atoms with Gasteiger partial charge in [-0.2, -0.15) is 0 Å². The highest BCUT2D eigenvalue weighted by atomic mass is 35.5. The summed E-state index contributed by atoms with van der Waals surface area (Å²) in [5.74, 6) is 0. The molecule has 2 heterocycles. The summed E-state index contributed by atoms with van der Waals surface area (Å²) >= 11 is 0. The van der Waals surface area contributed by atoms with Gasteiger partial charge >= 0.3 is 0 Å². The van der Waals surface area contributed by atoms with Crippen LogP contribution >= 0.6 is 12.4 Å². The van der Waals surface area contributed by atoms with E-state index < -0.39 is 0 Å². The minimum Gasteiger partial charge on any atom is -0.374 e. The van der Waals surface area contributed by atoms with Gasteiger partial charge in [0.2, 0.25) is 0 Å². The predicted molar refractivity (Wildman–Crippen MR) is 51.8 cm³/mol. The number of piperidine rings is 1. The van der Waals surface area contributed by atoms with E-state index in [4.69, 9.17) is 4.74 Å². The first-order valence-corrected chi connectivity index (χ1v) is 4.51. The summed E-state index contributed by atoms with van der Waals surface area (Å²) < 4.78 is 5.73. The Hall–Kier alpha value is 0.210. The number of ether oxygens (including phenoxy) is 1. The number of halogens is 1. The van der Waals surface area contributed by atoms with Crippen LogP contribution in [0, 0.1) is 5.41 Å². The van der Waals surface area contributed by atoms with Crippen LogP contribution in [0.3, 0.4) is 0 Å². The number of nitrogens with one attached hydrogen (secondary N) is 1. The summed E-state index contributed by atoms with van der Waals surface area (Å²) in [6, 6.07) is 0. The molecule has 0 aromatic heterocycles. The van der Waals surface area contributed by atoms with Crippen molar-refractivity contribution in [2.75, 3.05) is 19.7 Å². The minimum atomic E-state index is 0. The summed E-state index contributed by atoms with van der Waals surface area (Å²) in [4.78, 5) is 0. The lowest BCUT2D eigenvalue weighted by atomic mass is 9.66. The molecule has 2 aliphatic rings. The van der Waals surface area contributed by atoms with Crippen molar-refractivity contribution in [2.45, 2.75) is 32.3 Å². The molecule has 0 unspecified atom stereocenters. The number of hydrogen-bond acceptors (Lipinski definition) is 2. The largest absolute Gasteiger partial charge is 0.374 e. The van der Waals surface area contributed by atoms with E-state index in [-0.39, 0.29) is 18.0 Å². The maximum Gasteiger partial charge on any atom is 0.0779 e. The molecule has 12 heavy (non-hydrogen) atoms. The number of hydrogen-bond donors (Lipinski definition) is 1.